The Morgan fingerprint density at radius 1 is 0.317 bits per heavy atom. The Bertz CT molecular complexity index is 5680. The highest BCUT2D eigenvalue weighted by molar-refractivity contribution is 5.94. The van der Waals surface area contributed by atoms with Crippen molar-refractivity contribution in [3.8, 4) is 0 Å². The third-order valence-corrected chi connectivity index (χ3v) is 23.2. The normalized spacial score (nSPS) is 29.0. The summed E-state index contributed by atoms with van der Waals surface area (Å²) in [6.07, 6.45) is -50.2. The lowest BCUT2D eigenvalue weighted by Crippen LogP contribution is -2.70. The smallest absolute Gasteiger partial charge is 0.338 e. The first-order chi connectivity index (χ1) is 67.3. The molecule has 2 N–H and O–H groups in total. The van der Waals surface area contributed by atoms with Gasteiger partial charge in [-0.2, -0.15) is 0 Å². The van der Waals surface area contributed by atoms with Crippen molar-refractivity contribution >= 4 is 65.7 Å². The second-order valence-electron chi connectivity index (χ2n) is 33.4. The molecule has 728 valence electrons. The lowest BCUT2D eigenvalue weighted by Gasteiger charge is -2.52. The molecule has 0 spiro atoms. The molecule has 0 saturated carbocycles. The molecule has 7 aliphatic rings. The summed E-state index contributed by atoms with van der Waals surface area (Å²) in [6.45, 7) is 1.75. The maximum atomic E-state index is 15.4. The van der Waals surface area contributed by atoms with Crippen LogP contribution in [-0.4, -0.2) is 268 Å². The first-order valence-corrected chi connectivity index (χ1v) is 44.6. The second kappa shape index (κ2) is 45.4. The molecule has 26 atom stereocenters. The maximum Gasteiger partial charge on any atom is 0.338 e. The monoisotopic (exact) mass is 1910 g/mol. The van der Waals surface area contributed by atoms with E-state index in [1.807, 2.05) is 0 Å². The molecular formula is C102H98O37. The molecule has 7 saturated heterocycles. The molecule has 0 amide bonds. The molecular weight excluding hydrogens is 1820 g/mol. The summed E-state index contributed by atoms with van der Waals surface area (Å²) in [6, 6.07) is 68.1. The molecule has 0 bridgehead atoms. The summed E-state index contributed by atoms with van der Waals surface area (Å²) in [5, 5.41) is 22.1. The summed E-state index contributed by atoms with van der Waals surface area (Å²) < 4.78 is 158. The zero-order valence-corrected chi connectivity index (χ0v) is 75.2. The SMILES string of the molecule is CC(=O)O[C@H]1[C@H](O[C@@H]2[C@@H](OC(C)=O)[C@H](O[C@@H]3[C@H]4OC(C)(C)O[C@H]4O[C@@H]3[C@H](O)CO)O[C@@H]3CO[C@@H](c4ccccc4)O[C@@H]23)O[C@H](CO[C@@H]2O[C@H](COC(=O)c3ccccc3)[C@@H](OC(=O)c3ccccc3)[C@H](OC(=O)c3ccccc3)[C@H]2OC(=O)c2ccccc2)[C@@H](OC(C)=O)[C@@H]1O[C@@H]1O[C@H](COC(=O)c2ccccc2)[C@@H](OC(=O)c2ccccc2)[C@H](OC(=O)c2ccccc2)[C@H]1OC(=O)c1ccccc1. The van der Waals surface area contributed by atoms with Crippen LogP contribution < -0.4 is 0 Å². The number of fused-ring (bicyclic) bond motifs is 2. The molecule has 37 heteroatoms. The number of hydrogen-bond donors (Lipinski definition) is 2. The van der Waals surface area contributed by atoms with E-state index in [-0.39, 0.29) is 44.5 Å². The van der Waals surface area contributed by atoms with Gasteiger partial charge in [0.2, 0.25) is 0 Å². The Hall–Kier alpha value is -13.5. The average molecular weight is 1920 g/mol. The van der Waals surface area contributed by atoms with Crippen LogP contribution in [0.5, 0.6) is 0 Å². The van der Waals surface area contributed by atoms with E-state index in [1.165, 1.54) is 170 Å². The fourth-order valence-electron chi connectivity index (χ4n) is 16.9. The van der Waals surface area contributed by atoms with Gasteiger partial charge in [-0.3, -0.25) is 14.4 Å². The Balaban J connectivity index is 0.880. The molecule has 0 radical (unpaired) electrons. The number of carbonyl (C=O) groups is 11. The highest BCUT2D eigenvalue weighted by Crippen LogP contribution is 2.46. The van der Waals surface area contributed by atoms with Crippen molar-refractivity contribution < 1.29 is 177 Å². The van der Waals surface area contributed by atoms with Crippen LogP contribution in [0.3, 0.4) is 0 Å². The number of esters is 11. The molecule has 9 aromatic rings. The van der Waals surface area contributed by atoms with Gasteiger partial charge in [-0.1, -0.05) is 176 Å². The van der Waals surface area contributed by atoms with Gasteiger partial charge in [-0.05, 0) is 111 Å². The maximum absolute atomic E-state index is 15.4. The summed E-state index contributed by atoms with van der Waals surface area (Å²) in [5.41, 5.74) is -0.217. The van der Waals surface area contributed by atoms with Crippen LogP contribution in [0.15, 0.2) is 273 Å². The van der Waals surface area contributed by atoms with Crippen molar-refractivity contribution in [2.45, 2.75) is 200 Å². The van der Waals surface area contributed by atoms with Crippen molar-refractivity contribution in [2.24, 2.45) is 0 Å². The van der Waals surface area contributed by atoms with Crippen molar-refractivity contribution in [3.63, 3.8) is 0 Å². The van der Waals surface area contributed by atoms with Crippen molar-refractivity contribution in [2.75, 3.05) is 33.0 Å². The second-order valence-corrected chi connectivity index (χ2v) is 33.4. The van der Waals surface area contributed by atoms with Gasteiger partial charge in [0.1, 0.15) is 80.4 Å². The quantitative estimate of drug-likeness (QED) is 0.0285. The fraction of sp³-hybridized carbons (Fsp3) is 0.363. The molecule has 7 aliphatic heterocycles. The lowest BCUT2D eigenvalue weighted by atomic mass is 9.94. The number of aliphatic hydroxyl groups excluding tert-OH is 2. The van der Waals surface area contributed by atoms with Gasteiger partial charge < -0.3 is 124 Å². The highest BCUT2D eigenvalue weighted by Gasteiger charge is 2.65. The van der Waals surface area contributed by atoms with Crippen molar-refractivity contribution in [1.82, 2.24) is 0 Å². The fourth-order valence-corrected chi connectivity index (χ4v) is 16.9. The molecule has 37 nitrogen and oxygen atoms in total. The van der Waals surface area contributed by atoms with Gasteiger partial charge in [0.05, 0.1) is 64.3 Å². The van der Waals surface area contributed by atoms with E-state index < -0.39 is 264 Å². The van der Waals surface area contributed by atoms with E-state index in [2.05, 4.69) is 0 Å². The van der Waals surface area contributed by atoms with E-state index >= 15 is 19.2 Å². The van der Waals surface area contributed by atoms with Gasteiger partial charge in [0.25, 0.3) is 0 Å². The summed E-state index contributed by atoms with van der Waals surface area (Å²) in [7, 11) is 0. The van der Waals surface area contributed by atoms with Crippen LogP contribution >= 0.6 is 0 Å². The van der Waals surface area contributed by atoms with Gasteiger partial charge in [0.15, 0.2) is 98.5 Å². The highest BCUT2D eigenvalue weighted by atomic mass is 16.9. The minimum Gasteiger partial charge on any atom is -0.459 e. The predicted octanol–water partition coefficient (Wildman–Crippen LogP) is 9.26. The molecule has 9 aromatic carbocycles. The number of benzene rings is 9. The van der Waals surface area contributed by atoms with E-state index in [9.17, 15) is 43.8 Å². The van der Waals surface area contributed by atoms with E-state index in [4.69, 9.17) is 114 Å². The van der Waals surface area contributed by atoms with Crippen LogP contribution in [0.4, 0.5) is 0 Å². The Morgan fingerprint density at radius 2 is 0.619 bits per heavy atom. The average Bonchev–Trinajstić information content (AvgIpc) is 1.73. The molecule has 0 aliphatic carbocycles. The Morgan fingerprint density at radius 3 is 1.01 bits per heavy atom. The summed E-state index contributed by atoms with van der Waals surface area (Å²) in [5.74, 6) is -13.5. The zero-order chi connectivity index (χ0) is 97.4. The first-order valence-electron chi connectivity index (χ1n) is 44.6. The predicted molar refractivity (Wildman–Crippen MR) is 471 cm³/mol. The molecule has 16 rings (SSSR count). The Labute approximate surface area is 794 Å². The Kier molecular flexibility index (Phi) is 32.2. The van der Waals surface area contributed by atoms with Gasteiger partial charge in [-0.25, -0.2) is 38.4 Å². The third kappa shape index (κ3) is 24.1. The minimum atomic E-state index is -2.44. The van der Waals surface area contributed by atoms with Crippen LogP contribution in [-0.2, 0) is 128 Å². The third-order valence-electron chi connectivity index (χ3n) is 23.2. The van der Waals surface area contributed by atoms with E-state index in [0.29, 0.717) is 5.56 Å². The zero-order valence-electron chi connectivity index (χ0n) is 75.2. The van der Waals surface area contributed by atoms with Gasteiger partial charge >= 0.3 is 65.7 Å². The van der Waals surface area contributed by atoms with Crippen LogP contribution in [0.25, 0.3) is 0 Å². The van der Waals surface area contributed by atoms with Crippen molar-refractivity contribution in [3.05, 3.63) is 323 Å². The van der Waals surface area contributed by atoms with E-state index in [1.54, 1.807) is 117 Å². The molecule has 0 aromatic heterocycles. The van der Waals surface area contributed by atoms with Gasteiger partial charge in [0, 0.05) is 26.3 Å². The number of ether oxygens (including phenoxy) is 24. The standard InChI is InChI=1S/C102H98O37/c1-56(104)120-74-71(55-119-97-83(131-94(114)65-45-27-12-28-46-65)79(129-92(112)63-41-23-10-24-42-63)75(127-90(110)61-37-19-8-20-38-61)69(123-97)52-116-88(108)59-33-15-6-16-34-59)125-99(137-82-77-72(54-118-96(134-77)67-49-31-14-32-50-67)126-98(85(82)122-58(3)106)135-78-73(68(107)51-103)133-101-87(78)138-102(4,5)139-101)84(121-57(2)105)81(74)136-100-86(132-95(115)66-47-29-13-30-48-66)80(130-93(113)64-43-25-11-26-44-64)76(128-91(111)62-39-21-9-22-40-62)70(124-100)53-117-89(109)60-35-17-7-18-36-60/h6-50,68-87,96-101,103,107H,51-55H2,1-5H3/t68-,69-,70-,71-,72-,73-,74-,75-,76-,77-,78+,79+,80+,81+,82+,83-,84-,85-,86-,87-,96-,97-,98+,99+,100+,101-/m1/s1. The summed E-state index contributed by atoms with van der Waals surface area (Å²) in [4.78, 5) is 163. The lowest BCUT2D eigenvalue weighted by molar-refractivity contribution is -0.406. The minimum absolute atomic E-state index is 0.00395. The molecule has 0 unspecified atom stereocenters. The number of aliphatic hydroxyl groups is 2. The topological polar surface area (TPSA) is 450 Å². The number of carbonyl (C=O) groups excluding carboxylic acids is 11. The molecule has 7 fully saturated rings. The number of rotatable bonds is 33. The van der Waals surface area contributed by atoms with Crippen molar-refractivity contribution in [1.29, 1.82) is 0 Å². The summed E-state index contributed by atoms with van der Waals surface area (Å²) >= 11 is 0. The molecule has 139 heavy (non-hydrogen) atoms. The first kappa shape index (κ1) is 98.6. The van der Waals surface area contributed by atoms with Gasteiger partial charge in [-0.15, -0.1) is 0 Å². The molecule has 7 heterocycles. The van der Waals surface area contributed by atoms with Crippen LogP contribution in [0.1, 0.15) is 129 Å². The van der Waals surface area contributed by atoms with Crippen LogP contribution in [0.2, 0.25) is 0 Å². The largest absolute Gasteiger partial charge is 0.459 e. The number of hydrogen-bond acceptors (Lipinski definition) is 37. The van der Waals surface area contributed by atoms with E-state index in [0.717, 1.165) is 20.8 Å². The van der Waals surface area contributed by atoms with Crippen LogP contribution in [0, 0.1) is 0 Å².